The Labute approximate surface area is 134 Å². The van der Waals surface area contributed by atoms with Crippen LogP contribution in [0.4, 0.5) is 5.69 Å². The molecule has 0 saturated carbocycles. The van der Waals surface area contributed by atoms with Crippen LogP contribution in [0.15, 0.2) is 84.9 Å². The van der Waals surface area contributed by atoms with E-state index in [1.807, 2.05) is 65.3 Å². The Morgan fingerprint density at radius 1 is 0.739 bits per heavy atom. The van der Waals surface area contributed by atoms with Gasteiger partial charge >= 0.3 is 0 Å². The van der Waals surface area contributed by atoms with Crippen LogP contribution in [0.3, 0.4) is 0 Å². The molecule has 3 aromatic carbocycles. The van der Waals surface area contributed by atoms with E-state index in [9.17, 15) is 0 Å². The second-order valence-corrected chi connectivity index (χ2v) is 5.35. The molecule has 0 unspecified atom stereocenters. The van der Waals surface area contributed by atoms with Gasteiger partial charge in [0, 0.05) is 5.69 Å². The minimum Gasteiger partial charge on any atom is -0.360 e. The van der Waals surface area contributed by atoms with Crippen LogP contribution < -0.4 is 5.32 Å². The van der Waals surface area contributed by atoms with Crippen LogP contribution in [0.2, 0.25) is 0 Å². The summed E-state index contributed by atoms with van der Waals surface area (Å²) in [5.74, 6) is 0. The molecule has 1 heterocycles. The molecule has 0 spiro atoms. The SMILES string of the molecule is c1ccc(N[C@@H](c2ccccc2)n2nnc3ccccc32)cc1. The topological polar surface area (TPSA) is 42.7 Å². The van der Waals surface area contributed by atoms with Gasteiger partial charge in [-0.15, -0.1) is 5.10 Å². The van der Waals surface area contributed by atoms with Crippen LogP contribution in [0.5, 0.6) is 0 Å². The van der Waals surface area contributed by atoms with E-state index in [1.165, 1.54) is 0 Å². The van der Waals surface area contributed by atoms with Crippen LogP contribution in [0.1, 0.15) is 11.7 Å². The first-order chi connectivity index (χ1) is 11.4. The molecule has 0 fully saturated rings. The summed E-state index contributed by atoms with van der Waals surface area (Å²) in [7, 11) is 0. The van der Waals surface area contributed by atoms with Crippen LogP contribution in [-0.4, -0.2) is 15.0 Å². The van der Waals surface area contributed by atoms with E-state index >= 15 is 0 Å². The van der Waals surface area contributed by atoms with E-state index < -0.39 is 0 Å². The second-order valence-electron chi connectivity index (χ2n) is 5.35. The van der Waals surface area contributed by atoms with Gasteiger partial charge in [-0.1, -0.05) is 65.9 Å². The van der Waals surface area contributed by atoms with Crippen LogP contribution >= 0.6 is 0 Å². The molecular formula is C19H16N4. The minimum atomic E-state index is -0.119. The molecule has 0 aliphatic rings. The number of anilines is 1. The van der Waals surface area contributed by atoms with Crippen molar-refractivity contribution in [3.8, 4) is 0 Å². The second kappa shape index (κ2) is 5.93. The van der Waals surface area contributed by atoms with Crippen molar-refractivity contribution in [2.24, 2.45) is 0 Å². The molecule has 4 nitrogen and oxygen atoms in total. The zero-order valence-corrected chi connectivity index (χ0v) is 12.5. The standard InChI is InChI=1S/C19H16N4/c1-3-9-15(10-4-1)19(20-16-11-5-2-6-12-16)23-18-14-8-7-13-17(18)21-22-23/h1-14,19-20H/t19-/m1/s1. The highest BCUT2D eigenvalue weighted by molar-refractivity contribution is 5.74. The Hall–Kier alpha value is -3.14. The Morgan fingerprint density at radius 2 is 1.39 bits per heavy atom. The lowest BCUT2D eigenvalue weighted by Crippen LogP contribution is -2.21. The van der Waals surface area contributed by atoms with Gasteiger partial charge in [0.25, 0.3) is 0 Å². The van der Waals surface area contributed by atoms with E-state index in [-0.39, 0.29) is 6.17 Å². The minimum absolute atomic E-state index is 0.119. The van der Waals surface area contributed by atoms with Gasteiger partial charge in [-0.3, -0.25) is 0 Å². The lowest BCUT2D eigenvalue weighted by Gasteiger charge is -2.21. The summed E-state index contributed by atoms with van der Waals surface area (Å²) >= 11 is 0. The summed E-state index contributed by atoms with van der Waals surface area (Å²) in [6.45, 7) is 0. The largest absolute Gasteiger partial charge is 0.360 e. The number of nitrogens with one attached hydrogen (secondary N) is 1. The summed E-state index contributed by atoms with van der Waals surface area (Å²) in [4.78, 5) is 0. The zero-order chi connectivity index (χ0) is 15.5. The van der Waals surface area contributed by atoms with Crippen molar-refractivity contribution >= 4 is 16.7 Å². The summed E-state index contributed by atoms with van der Waals surface area (Å²) in [5, 5.41) is 12.2. The first-order valence-electron chi connectivity index (χ1n) is 7.58. The van der Waals surface area contributed by atoms with Gasteiger partial charge in [0.1, 0.15) is 11.7 Å². The number of nitrogens with zero attached hydrogens (tertiary/aromatic N) is 3. The van der Waals surface area contributed by atoms with Gasteiger partial charge in [-0.05, 0) is 29.8 Å². The zero-order valence-electron chi connectivity index (χ0n) is 12.5. The monoisotopic (exact) mass is 300 g/mol. The van der Waals surface area contributed by atoms with Crippen molar-refractivity contribution in [1.82, 2.24) is 15.0 Å². The summed E-state index contributed by atoms with van der Waals surface area (Å²) in [6, 6.07) is 28.4. The molecule has 1 N–H and O–H groups in total. The summed E-state index contributed by atoms with van der Waals surface area (Å²) in [5.41, 5.74) is 4.07. The number of hydrogen-bond donors (Lipinski definition) is 1. The lowest BCUT2D eigenvalue weighted by molar-refractivity contribution is 0.571. The van der Waals surface area contributed by atoms with Crippen molar-refractivity contribution < 1.29 is 0 Å². The van der Waals surface area contributed by atoms with Crippen molar-refractivity contribution in [2.75, 3.05) is 5.32 Å². The Balaban J connectivity index is 1.82. The predicted octanol–water partition coefficient (Wildman–Crippen LogP) is 4.09. The molecule has 4 aromatic rings. The molecule has 1 atom stereocenters. The maximum absolute atomic E-state index is 4.37. The van der Waals surface area contributed by atoms with Crippen molar-refractivity contribution in [3.63, 3.8) is 0 Å². The molecule has 112 valence electrons. The fraction of sp³-hybridized carbons (Fsp3) is 0.0526. The molecule has 0 saturated heterocycles. The number of para-hydroxylation sites is 2. The lowest BCUT2D eigenvalue weighted by atomic mass is 10.1. The smallest absolute Gasteiger partial charge is 0.149 e. The van der Waals surface area contributed by atoms with Crippen LogP contribution in [0.25, 0.3) is 11.0 Å². The highest BCUT2D eigenvalue weighted by Gasteiger charge is 2.17. The molecule has 0 aliphatic carbocycles. The van der Waals surface area contributed by atoms with Crippen molar-refractivity contribution in [3.05, 3.63) is 90.5 Å². The fourth-order valence-electron chi connectivity index (χ4n) is 2.69. The molecule has 0 aliphatic heterocycles. The number of rotatable bonds is 4. The quantitative estimate of drug-likeness (QED) is 0.617. The first-order valence-corrected chi connectivity index (χ1v) is 7.58. The average Bonchev–Trinajstić information content (AvgIpc) is 3.05. The van der Waals surface area contributed by atoms with Gasteiger partial charge in [-0.2, -0.15) is 0 Å². The third kappa shape index (κ3) is 2.66. The maximum atomic E-state index is 4.37. The normalized spacial score (nSPS) is 12.2. The Kier molecular flexibility index (Phi) is 3.48. The number of hydrogen-bond acceptors (Lipinski definition) is 3. The van der Waals surface area contributed by atoms with Gasteiger partial charge in [0.2, 0.25) is 0 Å². The molecule has 0 bridgehead atoms. The van der Waals surface area contributed by atoms with Crippen molar-refractivity contribution in [1.29, 1.82) is 0 Å². The molecule has 0 radical (unpaired) electrons. The van der Waals surface area contributed by atoms with Crippen LogP contribution in [-0.2, 0) is 0 Å². The van der Waals surface area contributed by atoms with Gasteiger partial charge in [0.15, 0.2) is 0 Å². The van der Waals surface area contributed by atoms with Gasteiger partial charge in [-0.25, -0.2) is 4.68 Å². The highest BCUT2D eigenvalue weighted by atomic mass is 15.5. The number of benzene rings is 3. The van der Waals surface area contributed by atoms with E-state index in [0.29, 0.717) is 0 Å². The molecule has 4 rings (SSSR count). The Bertz CT molecular complexity index is 900. The number of aromatic nitrogens is 3. The molecule has 4 heteroatoms. The van der Waals surface area contributed by atoms with E-state index in [0.717, 1.165) is 22.3 Å². The highest BCUT2D eigenvalue weighted by Crippen LogP contribution is 2.24. The summed E-state index contributed by atoms with van der Waals surface area (Å²) in [6.07, 6.45) is -0.119. The van der Waals surface area contributed by atoms with Crippen molar-refractivity contribution in [2.45, 2.75) is 6.17 Å². The average molecular weight is 300 g/mol. The predicted molar refractivity (Wildman–Crippen MR) is 92.2 cm³/mol. The van der Waals surface area contributed by atoms with E-state index in [1.54, 1.807) is 0 Å². The maximum Gasteiger partial charge on any atom is 0.149 e. The van der Waals surface area contributed by atoms with Gasteiger partial charge in [0.05, 0.1) is 5.52 Å². The van der Waals surface area contributed by atoms with Gasteiger partial charge < -0.3 is 5.32 Å². The Morgan fingerprint density at radius 3 is 2.17 bits per heavy atom. The molecule has 1 aromatic heterocycles. The van der Waals surface area contributed by atoms with Crippen LogP contribution in [0, 0.1) is 0 Å². The number of fused-ring (bicyclic) bond motifs is 1. The fourth-order valence-corrected chi connectivity index (χ4v) is 2.69. The van der Waals surface area contributed by atoms with E-state index in [4.69, 9.17) is 0 Å². The molecular weight excluding hydrogens is 284 g/mol. The first kappa shape index (κ1) is 13.5. The molecule has 23 heavy (non-hydrogen) atoms. The summed E-state index contributed by atoms with van der Waals surface area (Å²) < 4.78 is 1.93. The third-order valence-corrected chi connectivity index (χ3v) is 3.81. The molecule has 0 amide bonds. The van der Waals surface area contributed by atoms with E-state index in [2.05, 4.69) is 39.9 Å². The third-order valence-electron chi connectivity index (χ3n) is 3.81.